The Labute approximate surface area is 86.2 Å². The van der Waals surface area contributed by atoms with Crippen molar-refractivity contribution in [3.05, 3.63) is 0 Å². The Hall–Kier alpha value is -0.570. The zero-order valence-electron chi connectivity index (χ0n) is 9.43. The average molecular weight is 199 g/mol. The van der Waals surface area contributed by atoms with E-state index in [2.05, 4.69) is 5.32 Å². The first-order chi connectivity index (χ1) is 6.58. The van der Waals surface area contributed by atoms with Crippen molar-refractivity contribution in [2.75, 3.05) is 13.1 Å². The quantitative estimate of drug-likeness (QED) is 0.703. The Bertz CT molecular complexity index is 197. The lowest BCUT2D eigenvalue weighted by molar-refractivity contribution is -0.161. The summed E-state index contributed by atoms with van der Waals surface area (Å²) in [6.07, 6.45) is 2.72. The summed E-state index contributed by atoms with van der Waals surface area (Å²) in [5.41, 5.74) is -0.255. The fraction of sp³-hybridized carbons (Fsp3) is 0.909. The van der Waals surface area contributed by atoms with Gasteiger partial charge in [-0.3, -0.25) is 4.79 Å². The Balaban J connectivity index is 2.49. The van der Waals surface area contributed by atoms with E-state index in [0.29, 0.717) is 0 Å². The number of carbonyl (C=O) groups is 1. The molecule has 1 N–H and O–H groups in total. The Morgan fingerprint density at radius 1 is 1.50 bits per heavy atom. The van der Waals surface area contributed by atoms with Crippen molar-refractivity contribution in [2.45, 2.75) is 46.1 Å². The van der Waals surface area contributed by atoms with Crippen molar-refractivity contribution in [3.63, 3.8) is 0 Å². The normalized spacial score (nSPS) is 22.8. The van der Waals surface area contributed by atoms with Crippen LogP contribution in [-0.2, 0) is 9.53 Å². The van der Waals surface area contributed by atoms with E-state index in [1.54, 1.807) is 0 Å². The Morgan fingerprint density at radius 3 is 2.57 bits per heavy atom. The lowest BCUT2D eigenvalue weighted by atomic mass is 9.81. The number of hydrogen-bond donors (Lipinski definition) is 1. The number of nitrogens with one attached hydrogen (secondary N) is 1. The van der Waals surface area contributed by atoms with E-state index in [-0.39, 0.29) is 17.5 Å². The van der Waals surface area contributed by atoms with E-state index < -0.39 is 0 Å². The molecule has 0 aromatic rings. The van der Waals surface area contributed by atoms with Gasteiger partial charge in [-0.15, -0.1) is 0 Å². The van der Waals surface area contributed by atoms with Gasteiger partial charge < -0.3 is 10.1 Å². The molecule has 1 fully saturated rings. The van der Waals surface area contributed by atoms with Crippen LogP contribution < -0.4 is 5.32 Å². The van der Waals surface area contributed by atoms with Gasteiger partial charge in [-0.1, -0.05) is 6.92 Å². The SMILES string of the molecule is CCC(C)OC(=O)C1(C)CCNCC1. The average Bonchev–Trinajstić information content (AvgIpc) is 2.18. The van der Waals surface area contributed by atoms with Gasteiger partial charge in [0.05, 0.1) is 11.5 Å². The van der Waals surface area contributed by atoms with E-state index in [1.807, 2.05) is 20.8 Å². The smallest absolute Gasteiger partial charge is 0.312 e. The van der Waals surface area contributed by atoms with Crippen molar-refractivity contribution >= 4 is 5.97 Å². The summed E-state index contributed by atoms with van der Waals surface area (Å²) in [4.78, 5) is 11.8. The highest BCUT2D eigenvalue weighted by Gasteiger charge is 2.36. The summed E-state index contributed by atoms with van der Waals surface area (Å²) in [5, 5.41) is 3.25. The first-order valence-electron chi connectivity index (χ1n) is 5.50. The predicted molar refractivity (Wildman–Crippen MR) is 56.1 cm³/mol. The third-order valence-corrected chi connectivity index (χ3v) is 3.08. The molecule has 1 aliphatic heterocycles. The molecular weight excluding hydrogens is 178 g/mol. The van der Waals surface area contributed by atoms with Crippen LogP contribution in [0.5, 0.6) is 0 Å². The van der Waals surface area contributed by atoms with E-state index in [1.165, 1.54) is 0 Å². The molecule has 0 radical (unpaired) electrons. The molecule has 0 saturated carbocycles. The molecule has 3 nitrogen and oxygen atoms in total. The second-order valence-corrected chi connectivity index (χ2v) is 4.43. The zero-order chi connectivity index (χ0) is 10.6. The molecule has 1 unspecified atom stereocenters. The molecule has 0 aromatic heterocycles. The molecule has 0 spiro atoms. The lowest BCUT2D eigenvalue weighted by Gasteiger charge is -2.32. The number of rotatable bonds is 3. The highest BCUT2D eigenvalue weighted by molar-refractivity contribution is 5.76. The summed E-state index contributed by atoms with van der Waals surface area (Å²) in [6, 6.07) is 0. The van der Waals surface area contributed by atoms with Crippen LogP contribution in [0.3, 0.4) is 0 Å². The third kappa shape index (κ3) is 2.71. The zero-order valence-corrected chi connectivity index (χ0v) is 9.43. The highest BCUT2D eigenvalue weighted by atomic mass is 16.5. The van der Waals surface area contributed by atoms with Crippen LogP contribution in [0, 0.1) is 5.41 Å². The van der Waals surface area contributed by atoms with Crippen LogP contribution in [0.15, 0.2) is 0 Å². The fourth-order valence-electron chi connectivity index (χ4n) is 1.59. The van der Waals surface area contributed by atoms with Gasteiger partial charge in [0.1, 0.15) is 0 Å². The second kappa shape index (κ2) is 4.78. The third-order valence-electron chi connectivity index (χ3n) is 3.08. The van der Waals surface area contributed by atoms with Crippen LogP contribution in [-0.4, -0.2) is 25.2 Å². The summed E-state index contributed by atoms with van der Waals surface area (Å²) >= 11 is 0. The summed E-state index contributed by atoms with van der Waals surface area (Å²) < 4.78 is 5.38. The minimum absolute atomic E-state index is 0.0200. The molecule has 0 aromatic carbocycles. The first kappa shape index (κ1) is 11.5. The monoisotopic (exact) mass is 199 g/mol. The van der Waals surface area contributed by atoms with Gasteiger partial charge >= 0.3 is 5.97 Å². The van der Waals surface area contributed by atoms with Crippen LogP contribution in [0.2, 0.25) is 0 Å². The number of carbonyl (C=O) groups excluding carboxylic acids is 1. The second-order valence-electron chi connectivity index (χ2n) is 4.43. The molecule has 1 heterocycles. The standard InChI is InChI=1S/C11H21NO2/c1-4-9(2)14-10(13)11(3)5-7-12-8-6-11/h9,12H,4-8H2,1-3H3. The molecule has 3 heteroatoms. The fourth-order valence-corrected chi connectivity index (χ4v) is 1.59. The van der Waals surface area contributed by atoms with Crippen LogP contribution >= 0.6 is 0 Å². The molecule has 1 rings (SSSR count). The molecule has 1 atom stereocenters. The summed E-state index contributed by atoms with van der Waals surface area (Å²) in [7, 11) is 0. The van der Waals surface area contributed by atoms with Crippen LogP contribution in [0.1, 0.15) is 40.0 Å². The molecule has 1 saturated heterocycles. The van der Waals surface area contributed by atoms with Gasteiger partial charge in [-0.2, -0.15) is 0 Å². The molecule has 0 aliphatic carbocycles. The minimum atomic E-state index is -0.255. The number of piperidine rings is 1. The summed E-state index contributed by atoms with van der Waals surface area (Å²) in [5.74, 6) is -0.0200. The van der Waals surface area contributed by atoms with Crippen molar-refractivity contribution in [1.29, 1.82) is 0 Å². The van der Waals surface area contributed by atoms with Crippen molar-refractivity contribution in [1.82, 2.24) is 5.32 Å². The molecule has 0 amide bonds. The molecular formula is C11H21NO2. The van der Waals surface area contributed by atoms with Gasteiger partial charge in [0, 0.05) is 0 Å². The largest absolute Gasteiger partial charge is 0.462 e. The van der Waals surface area contributed by atoms with E-state index in [0.717, 1.165) is 32.4 Å². The maximum Gasteiger partial charge on any atom is 0.312 e. The van der Waals surface area contributed by atoms with Gasteiger partial charge in [-0.25, -0.2) is 0 Å². The Kier molecular flexibility index (Phi) is 3.93. The first-order valence-corrected chi connectivity index (χ1v) is 5.50. The number of hydrogen-bond acceptors (Lipinski definition) is 3. The molecule has 82 valence electrons. The maximum absolute atomic E-state index is 11.8. The van der Waals surface area contributed by atoms with Crippen LogP contribution in [0.25, 0.3) is 0 Å². The molecule has 1 aliphatic rings. The van der Waals surface area contributed by atoms with Crippen molar-refractivity contribution in [2.24, 2.45) is 5.41 Å². The summed E-state index contributed by atoms with van der Waals surface area (Å²) in [6.45, 7) is 7.84. The van der Waals surface area contributed by atoms with Gasteiger partial charge in [0.15, 0.2) is 0 Å². The van der Waals surface area contributed by atoms with Gasteiger partial charge in [-0.05, 0) is 46.2 Å². The Morgan fingerprint density at radius 2 is 2.07 bits per heavy atom. The van der Waals surface area contributed by atoms with E-state index in [4.69, 9.17) is 4.74 Å². The topological polar surface area (TPSA) is 38.3 Å². The number of esters is 1. The molecule has 14 heavy (non-hydrogen) atoms. The van der Waals surface area contributed by atoms with Gasteiger partial charge in [0.25, 0.3) is 0 Å². The van der Waals surface area contributed by atoms with E-state index in [9.17, 15) is 4.79 Å². The van der Waals surface area contributed by atoms with E-state index >= 15 is 0 Å². The number of ether oxygens (including phenoxy) is 1. The maximum atomic E-state index is 11.8. The lowest BCUT2D eigenvalue weighted by Crippen LogP contribution is -2.41. The predicted octanol–water partition coefficient (Wildman–Crippen LogP) is 1.72. The highest BCUT2D eigenvalue weighted by Crippen LogP contribution is 2.29. The van der Waals surface area contributed by atoms with Gasteiger partial charge in [0.2, 0.25) is 0 Å². The molecule has 0 bridgehead atoms. The van der Waals surface area contributed by atoms with Crippen molar-refractivity contribution in [3.8, 4) is 0 Å². The van der Waals surface area contributed by atoms with Crippen molar-refractivity contribution < 1.29 is 9.53 Å². The minimum Gasteiger partial charge on any atom is -0.462 e. The van der Waals surface area contributed by atoms with Crippen LogP contribution in [0.4, 0.5) is 0 Å².